The van der Waals surface area contributed by atoms with Crippen molar-refractivity contribution in [1.82, 2.24) is 14.8 Å². The summed E-state index contributed by atoms with van der Waals surface area (Å²) < 4.78 is 2.95. The summed E-state index contributed by atoms with van der Waals surface area (Å²) in [6, 6.07) is 2.61. The van der Waals surface area contributed by atoms with E-state index >= 15 is 0 Å². The molecule has 0 bridgehead atoms. The molecule has 1 aromatic rings. The van der Waals surface area contributed by atoms with Crippen molar-refractivity contribution in [2.45, 2.75) is 39.4 Å². The molecule has 0 aromatic carbocycles. The molecule has 100 valence electrons. The third-order valence-electron chi connectivity index (χ3n) is 3.27. The van der Waals surface area contributed by atoms with Crippen molar-refractivity contribution in [3.05, 3.63) is 22.4 Å². The molecule has 1 amide bonds. The minimum absolute atomic E-state index is 0.128. The van der Waals surface area contributed by atoms with E-state index in [1.165, 1.54) is 0 Å². The number of nitrogens with one attached hydrogen (secondary N) is 1. The molecule has 1 fully saturated rings. The number of hydrogen-bond acceptors (Lipinski definition) is 2. The van der Waals surface area contributed by atoms with E-state index in [9.17, 15) is 4.79 Å². The van der Waals surface area contributed by atoms with Crippen LogP contribution in [0, 0.1) is 0 Å². The van der Waals surface area contributed by atoms with Gasteiger partial charge in [0.25, 0.3) is 5.91 Å². The van der Waals surface area contributed by atoms with Gasteiger partial charge in [0.05, 0.1) is 0 Å². The molecule has 0 saturated carbocycles. The summed E-state index contributed by atoms with van der Waals surface area (Å²) in [5, 5.41) is 3.44. The van der Waals surface area contributed by atoms with E-state index in [4.69, 9.17) is 0 Å². The second-order valence-corrected chi connectivity index (χ2v) is 5.92. The molecule has 2 atom stereocenters. The lowest BCUT2D eigenvalue weighted by Gasteiger charge is -2.36. The molecule has 18 heavy (non-hydrogen) atoms. The molecule has 2 heterocycles. The van der Waals surface area contributed by atoms with Crippen molar-refractivity contribution in [3.63, 3.8) is 0 Å². The maximum atomic E-state index is 12.5. The van der Waals surface area contributed by atoms with Gasteiger partial charge < -0.3 is 14.8 Å². The summed E-state index contributed by atoms with van der Waals surface area (Å²) in [6.45, 7) is 8.64. The average molecular weight is 314 g/mol. The van der Waals surface area contributed by atoms with Crippen LogP contribution >= 0.6 is 15.9 Å². The number of rotatable bonds is 2. The summed E-state index contributed by atoms with van der Waals surface area (Å²) in [5.41, 5.74) is 0.769. The van der Waals surface area contributed by atoms with Gasteiger partial charge in [-0.15, -0.1) is 0 Å². The highest BCUT2D eigenvalue weighted by Gasteiger charge is 2.27. The van der Waals surface area contributed by atoms with Crippen LogP contribution in [0.4, 0.5) is 0 Å². The van der Waals surface area contributed by atoms with Gasteiger partial charge in [-0.1, -0.05) is 0 Å². The maximum absolute atomic E-state index is 12.5. The standard InChI is InChI=1S/C13H20BrN3O/c1-4-16-8-11(14)5-12(16)13(18)17-6-9(2)15-10(3)7-17/h5,8-10,15H,4,6-7H2,1-3H3. The summed E-state index contributed by atoms with van der Waals surface area (Å²) in [5.74, 6) is 0.128. The van der Waals surface area contributed by atoms with Gasteiger partial charge in [0.1, 0.15) is 5.69 Å². The van der Waals surface area contributed by atoms with Crippen molar-refractivity contribution >= 4 is 21.8 Å². The summed E-state index contributed by atoms with van der Waals surface area (Å²) in [4.78, 5) is 14.5. The topological polar surface area (TPSA) is 37.3 Å². The molecule has 1 saturated heterocycles. The third kappa shape index (κ3) is 2.78. The number of amides is 1. The number of aromatic nitrogens is 1. The number of hydrogen-bond donors (Lipinski definition) is 1. The van der Waals surface area contributed by atoms with E-state index in [0.717, 1.165) is 29.8 Å². The van der Waals surface area contributed by atoms with E-state index in [1.54, 1.807) is 0 Å². The largest absolute Gasteiger partial charge is 0.343 e. The van der Waals surface area contributed by atoms with E-state index in [1.807, 2.05) is 28.7 Å². The quantitative estimate of drug-likeness (QED) is 0.908. The Morgan fingerprint density at radius 2 is 2.06 bits per heavy atom. The number of aryl methyl sites for hydroxylation is 1. The molecule has 2 rings (SSSR count). The van der Waals surface area contributed by atoms with Gasteiger partial charge in [-0.25, -0.2) is 0 Å². The van der Waals surface area contributed by atoms with E-state index in [0.29, 0.717) is 12.1 Å². The van der Waals surface area contributed by atoms with Gasteiger partial charge in [-0.05, 0) is 42.8 Å². The molecule has 0 spiro atoms. The summed E-state index contributed by atoms with van der Waals surface area (Å²) in [6.07, 6.45) is 1.96. The lowest BCUT2D eigenvalue weighted by Crippen LogP contribution is -2.56. The minimum atomic E-state index is 0.128. The van der Waals surface area contributed by atoms with E-state index in [-0.39, 0.29) is 5.91 Å². The van der Waals surface area contributed by atoms with Crippen molar-refractivity contribution in [2.75, 3.05) is 13.1 Å². The van der Waals surface area contributed by atoms with Gasteiger partial charge in [0.15, 0.2) is 0 Å². The van der Waals surface area contributed by atoms with Crippen molar-refractivity contribution in [1.29, 1.82) is 0 Å². The third-order valence-corrected chi connectivity index (χ3v) is 3.70. The maximum Gasteiger partial charge on any atom is 0.270 e. The fraction of sp³-hybridized carbons (Fsp3) is 0.615. The Labute approximate surface area is 116 Å². The number of piperazine rings is 1. The number of carbonyl (C=O) groups is 1. The fourth-order valence-corrected chi connectivity index (χ4v) is 3.03. The highest BCUT2D eigenvalue weighted by molar-refractivity contribution is 9.10. The summed E-state index contributed by atoms with van der Waals surface area (Å²) >= 11 is 3.44. The fourth-order valence-electron chi connectivity index (χ4n) is 2.57. The Kier molecular flexibility index (Phi) is 4.12. The zero-order valence-electron chi connectivity index (χ0n) is 11.1. The first-order valence-corrected chi connectivity index (χ1v) is 7.21. The zero-order valence-corrected chi connectivity index (χ0v) is 12.7. The van der Waals surface area contributed by atoms with Crippen LogP contribution in [-0.2, 0) is 6.54 Å². The number of halogens is 1. The average Bonchev–Trinajstić information content (AvgIpc) is 2.68. The molecule has 2 unspecified atom stereocenters. The van der Waals surface area contributed by atoms with Crippen LogP contribution in [0.3, 0.4) is 0 Å². The van der Waals surface area contributed by atoms with Crippen LogP contribution in [0.15, 0.2) is 16.7 Å². The van der Waals surface area contributed by atoms with Gasteiger partial charge >= 0.3 is 0 Å². The molecule has 1 aromatic heterocycles. The molecule has 1 aliphatic heterocycles. The lowest BCUT2D eigenvalue weighted by atomic mass is 10.1. The van der Waals surface area contributed by atoms with Crippen LogP contribution in [0.5, 0.6) is 0 Å². The lowest BCUT2D eigenvalue weighted by molar-refractivity contribution is 0.0663. The Balaban J connectivity index is 2.19. The molecule has 4 nitrogen and oxygen atoms in total. The Morgan fingerprint density at radius 1 is 1.44 bits per heavy atom. The monoisotopic (exact) mass is 313 g/mol. The van der Waals surface area contributed by atoms with Crippen LogP contribution in [0.1, 0.15) is 31.3 Å². The Bertz CT molecular complexity index is 433. The number of nitrogens with zero attached hydrogens (tertiary/aromatic N) is 2. The number of carbonyl (C=O) groups excluding carboxylic acids is 1. The first kappa shape index (κ1) is 13.6. The van der Waals surface area contributed by atoms with E-state index in [2.05, 4.69) is 35.1 Å². The van der Waals surface area contributed by atoms with Gasteiger partial charge in [-0.2, -0.15) is 0 Å². The summed E-state index contributed by atoms with van der Waals surface area (Å²) in [7, 11) is 0. The van der Waals surface area contributed by atoms with Gasteiger partial charge in [-0.3, -0.25) is 4.79 Å². The van der Waals surface area contributed by atoms with E-state index < -0.39 is 0 Å². The zero-order chi connectivity index (χ0) is 13.3. The molecule has 0 aliphatic carbocycles. The van der Waals surface area contributed by atoms with Crippen LogP contribution in [0.25, 0.3) is 0 Å². The smallest absolute Gasteiger partial charge is 0.270 e. The second kappa shape index (κ2) is 5.45. The molecule has 1 aliphatic rings. The van der Waals surface area contributed by atoms with Crippen molar-refractivity contribution in [2.24, 2.45) is 0 Å². The van der Waals surface area contributed by atoms with Crippen LogP contribution in [-0.4, -0.2) is 40.5 Å². The highest BCUT2D eigenvalue weighted by atomic mass is 79.9. The predicted octanol–water partition coefficient (Wildman–Crippen LogP) is 2.09. The van der Waals surface area contributed by atoms with Crippen LogP contribution in [0.2, 0.25) is 0 Å². The first-order chi connectivity index (χ1) is 8.51. The molecule has 5 heteroatoms. The molecule has 0 radical (unpaired) electrons. The SMILES string of the molecule is CCn1cc(Br)cc1C(=O)N1CC(C)NC(C)C1. The van der Waals surface area contributed by atoms with Crippen molar-refractivity contribution < 1.29 is 4.79 Å². The Morgan fingerprint density at radius 3 is 2.61 bits per heavy atom. The molecular weight excluding hydrogens is 294 g/mol. The minimum Gasteiger partial charge on any atom is -0.343 e. The highest BCUT2D eigenvalue weighted by Crippen LogP contribution is 2.18. The first-order valence-electron chi connectivity index (χ1n) is 6.42. The predicted molar refractivity (Wildman–Crippen MR) is 75.8 cm³/mol. The van der Waals surface area contributed by atoms with Gasteiger partial charge in [0, 0.05) is 42.4 Å². The Hall–Kier alpha value is -0.810. The van der Waals surface area contributed by atoms with Crippen LogP contribution < -0.4 is 5.32 Å². The molecular formula is C13H20BrN3O. The van der Waals surface area contributed by atoms with Gasteiger partial charge in [0.2, 0.25) is 0 Å². The molecule has 1 N–H and O–H groups in total. The van der Waals surface area contributed by atoms with Crippen molar-refractivity contribution in [3.8, 4) is 0 Å². The normalized spacial score (nSPS) is 24.3. The second-order valence-electron chi connectivity index (χ2n) is 5.01.